The first-order valence-electron chi connectivity index (χ1n) is 12.2. The van der Waals surface area contributed by atoms with E-state index in [1.807, 2.05) is 0 Å². The van der Waals surface area contributed by atoms with Gasteiger partial charge < -0.3 is 9.84 Å². The van der Waals surface area contributed by atoms with E-state index in [9.17, 15) is 29.6 Å². The summed E-state index contributed by atoms with van der Waals surface area (Å²) in [5.41, 5.74) is 0.0649. The number of nitro benzene ring substituents is 1. The zero-order chi connectivity index (χ0) is 28.7. The molecular weight excluding hydrogens is 516 g/mol. The second-order valence-electron chi connectivity index (χ2n) is 9.16. The number of methoxy groups -OCH3 is 1. The number of aromatic nitrogens is 2. The number of para-hydroxylation sites is 1. The Morgan fingerprint density at radius 3 is 2.27 bits per heavy atom. The summed E-state index contributed by atoms with van der Waals surface area (Å²) in [6.07, 6.45) is 0. The third kappa shape index (κ3) is 4.13. The Balaban J connectivity index is 1.79. The molecule has 0 spiro atoms. The van der Waals surface area contributed by atoms with Crippen LogP contribution in [0.3, 0.4) is 0 Å². The van der Waals surface area contributed by atoms with Crippen molar-refractivity contribution in [2.75, 3.05) is 12.0 Å². The minimum atomic E-state index is -1.32. The SMILES string of the molecule is COc1ccc(/C(O)=C2/C(=O)C(=O)N(c3c(C)n(C)n(-c4ccccc4)c3=O)C2c2cccc([N+](=O)[O-])c2)cc1. The normalized spacial score (nSPS) is 16.4. The van der Waals surface area contributed by atoms with Gasteiger partial charge in [0, 0.05) is 24.7 Å². The number of ketones is 1. The number of Topliss-reactive ketones (excluding diaryl/α,β-unsaturated/α-hetero) is 1. The van der Waals surface area contributed by atoms with Gasteiger partial charge in [0.2, 0.25) is 0 Å². The van der Waals surface area contributed by atoms with Crippen LogP contribution in [0.4, 0.5) is 11.4 Å². The number of hydrogen-bond donors (Lipinski definition) is 1. The quantitative estimate of drug-likeness (QED) is 0.128. The number of benzene rings is 3. The van der Waals surface area contributed by atoms with Crippen molar-refractivity contribution in [3.8, 4) is 11.4 Å². The van der Waals surface area contributed by atoms with Crippen molar-refractivity contribution < 1.29 is 24.4 Å². The first kappa shape index (κ1) is 26.2. The van der Waals surface area contributed by atoms with Gasteiger partial charge in [0.1, 0.15) is 17.2 Å². The van der Waals surface area contributed by atoms with Gasteiger partial charge in [-0.2, -0.15) is 0 Å². The van der Waals surface area contributed by atoms with Crippen LogP contribution in [0.15, 0.2) is 89.2 Å². The van der Waals surface area contributed by atoms with Crippen molar-refractivity contribution in [3.05, 3.63) is 122 Å². The lowest BCUT2D eigenvalue weighted by molar-refractivity contribution is -0.384. The standard InChI is InChI=1S/C29H24N4O7/c1-17-24(28(36)32(30(17)2)20-9-5-4-6-10-20)31-25(19-8-7-11-21(16-19)33(38)39)23(27(35)29(31)37)26(34)18-12-14-22(40-3)15-13-18/h4-16,25,34H,1-3H3/b26-23-. The molecule has 0 bridgehead atoms. The van der Waals surface area contributed by atoms with Crippen LogP contribution < -0.4 is 15.2 Å². The molecule has 0 radical (unpaired) electrons. The van der Waals surface area contributed by atoms with Gasteiger partial charge in [-0.05, 0) is 48.9 Å². The number of nitro groups is 1. The number of non-ortho nitro benzene ring substituents is 1. The first-order valence-corrected chi connectivity index (χ1v) is 12.2. The molecule has 40 heavy (non-hydrogen) atoms. The highest BCUT2D eigenvalue weighted by molar-refractivity contribution is 6.51. The maximum absolute atomic E-state index is 13.9. The lowest BCUT2D eigenvalue weighted by atomic mass is 9.94. The van der Waals surface area contributed by atoms with E-state index < -0.39 is 34.0 Å². The molecule has 2 heterocycles. The Morgan fingerprint density at radius 1 is 0.975 bits per heavy atom. The zero-order valence-corrected chi connectivity index (χ0v) is 21.8. The Hall–Kier alpha value is -5.45. The van der Waals surface area contributed by atoms with E-state index in [1.54, 1.807) is 61.1 Å². The van der Waals surface area contributed by atoms with Crippen LogP contribution >= 0.6 is 0 Å². The van der Waals surface area contributed by atoms with Crippen molar-refractivity contribution >= 4 is 28.8 Å². The van der Waals surface area contributed by atoms with Crippen molar-refractivity contribution in [1.82, 2.24) is 9.36 Å². The summed E-state index contributed by atoms with van der Waals surface area (Å²) < 4.78 is 8.07. The number of aliphatic hydroxyl groups excluding tert-OH is 1. The number of carbonyl (C=O) groups is 2. The molecule has 1 unspecified atom stereocenters. The molecular formula is C29H24N4O7. The Kier molecular flexibility index (Phi) is 6.56. The van der Waals surface area contributed by atoms with Gasteiger partial charge in [-0.15, -0.1) is 0 Å². The maximum atomic E-state index is 13.9. The molecule has 11 nitrogen and oxygen atoms in total. The minimum Gasteiger partial charge on any atom is -0.507 e. The number of anilines is 1. The van der Waals surface area contributed by atoms with Crippen molar-refractivity contribution in [3.63, 3.8) is 0 Å². The summed E-state index contributed by atoms with van der Waals surface area (Å²) in [6.45, 7) is 1.63. The fourth-order valence-corrected chi connectivity index (χ4v) is 4.92. The monoisotopic (exact) mass is 540 g/mol. The number of hydrogen-bond acceptors (Lipinski definition) is 7. The fourth-order valence-electron chi connectivity index (χ4n) is 4.92. The topological polar surface area (TPSA) is 137 Å². The predicted octanol–water partition coefficient (Wildman–Crippen LogP) is 4.03. The van der Waals surface area contributed by atoms with E-state index in [2.05, 4.69) is 0 Å². The van der Waals surface area contributed by atoms with Gasteiger partial charge in [-0.1, -0.05) is 30.3 Å². The number of nitrogens with zero attached hydrogens (tertiary/aromatic N) is 4. The number of aliphatic hydroxyl groups is 1. The van der Waals surface area contributed by atoms with E-state index in [-0.39, 0.29) is 28.1 Å². The minimum absolute atomic E-state index is 0.0845. The van der Waals surface area contributed by atoms with Crippen LogP contribution in [-0.2, 0) is 16.6 Å². The molecule has 11 heteroatoms. The number of ether oxygens (including phenoxy) is 1. The summed E-state index contributed by atoms with van der Waals surface area (Å²) in [7, 11) is 3.12. The zero-order valence-electron chi connectivity index (χ0n) is 21.8. The van der Waals surface area contributed by atoms with Crippen LogP contribution in [0.2, 0.25) is 0 Å². The van der Waals surface area contributed by atoms with Crippen LogP contribution in [-0.4, -0.2) is 38.2 Å². The Labute approximate surface area is 227 Å². The molecule has 3 aromatic carbocycles. The van der Waals surface area contributed by atoms with E-state index in [0.29, 0.717) is 17.1 Å². The van der Waals surface area contributed by atoms with Crippen LogP contribution in [0, 0.1) is 17.0 Å². The third-order valence-corrected chi connectivity index (χ3v) is 6.97. The van der Waals surface area contributed by atoms with Crippen molar-refractivity contribution in [2.24, 2.45) is 7.05 Å². The highest BCUT2D eigenvalue weighted by Gasteiger charge is 2.49. The molecule has 0 saturated carbocycles. The first-order chi connectivity index (χ1) is 19.1. The van der Waals surface area contributed by atoms with Crippen LogP contribution in [0.1, 0.15) is 22.9 Å². The number of rotatable bonds is 6. The molecule has 1 aliphatic rings. The molecule has 1 N–H and O–H groups in total. The second-order valence-corrected chi connectivity index (χ2v) is 9.16. The van der Waals surface area contributed by atoms with Gasteiger partial charge in [-0.3, -0.25) is 34.1 Å². The molecule has 1 amide bonds. The van der Waals surface area contributed by atoms with Gasteiger partial charge in [0.15, 0.2) is 0 Å². The second kappa shape index (κ2) is 10.0. The fraction of sp³-hybridized carbons (Fsp3) is 0.138. The molecule has 202 valence electrons. The Bertz CT molecular complexity index is 1750. The van der Waals surface area contributed by atoms with E-state index in [1.165, 1.54) is 48.2 Å². The molecule has 1 fully saturated rings. The molecule has 1 aromatic heterocycles. The highest BCUT2D eigenvalue weighted by atomic mass is 16.6. The van der Waals surface area contributed by atoms with Crippen molar-refractivity contribution in [2.45, 2.75) is 13.0 Å². The summed E-state index contributed by atoms with van der Waals surface area (Å²) in [4.78, 5) is 53.0. The summed E-state index contributed by atoms with van der Waals surface area (Å²) in [5, 5.41) is 22.9. The third-order valence-electron chi connectivity index (χ3n) is 6.97. The molecule has 5 rings (SSSR count). The maximum Gasteiger partial charge on any atom is 0.300 e. The number of carbonyl (C=O) groups excluding carboxylic acids is 2. The largest absolute Gasteiger partial charge is 0.507 e. The van der Waals surface area contributed by atoms with Gasteiger partial charge >= 0.3 is 0 Å². The summed E-state index contributed by atoms with van der Waals surface area (Å²) in [5.74, 6) is -2.05. The molecule has 4 aromatic rings. The van der Waals surface area contributed by atoms with Crippen LogP contribution in [0.25, 0.3) is 11.4 Å². The van der Waals surface area contributed by atoms with E-state index in [0.717, 1.165) is 4.90 Å². The average molecular weight is 541 g/mol. The van der Waals surface area contributed by atoms with Crippen LogP contribution in [0.5, 0.6) is 5.75 Å². The highest BCUT2D eigenvalue weighted by Crippen LogP contribution is 2.43. The van der Waals surface area contributed by atoms with Gasteiger partial charge in [0.25, 0.3) is 22.9 Å². The lowest BCUT2D eigenvalue weighted by Crippen LogP contribution is -2.34. The van der Waals surface area contributed by atoms with Gasteiger partial charge in [-0.25, -0.2) is 4.68 Å². The van der Waals surface area contributed by atoms with Gasteiger partial charge in [0.05, 0.1) is 35.0 Å². The predicted molar refractivity (Wildman–Crippen MR) is 147 cm³/mol. The molecule has 0 aliphatic carbocycles. The Morgan fingerprint density at radius 2 is 1.65 bits per heavy atom. The average Bonchev–Trinajstić information content (AvgIpc) is 3.35. The summed E-state index contributed by atoms with van der Waals surface area (Å²) in [6, 6.07) is 19.0. The molecule has 1 saturated heterocycles. The van der Waals surface area contributed by atoms with Crippen molar-refractivity contribution in [1.29, 1.82) is 0 Å². The summed E-state index contributed by atoms with van der Waals surface area (Å²) >= 11 is 0. The van der Waals surface area contributed by atoms with E-state index in [4.69, 9.17) is 4.74 Å². The number of amides is 1. The molecule has 1 atom stereocenters. The van der Waals surface area contributed by atoms with E-state index >= 15 is 0 Å². The molecule has 1 aliphatic heterocycles. The smallest absolute Gasteiger partial charge is 0.300 e. The lowest BCUT2D eigenvalue weighted by Gasteiger charge is -2.24.